The summed E-state index contributed by atoms with van der Waals surface area (Å²) in [5, 5.41) is 1.71. The number of benzene rings is 3. The van der Waals surface area contributed by atoms with Crippen LogP contribution in [0.3, 0.4) is 0 Å². The average molecular weight is 392 g/mol. The highest BCUT2D eigenvalue weighted by atomic mass is 19.1. The van der Waals surface area contributed by atoms with Crippen molar-refractivity contribution in [2.45, 2.75) is 26.1 Å². The lowest BCUT2D eigenvalue weighted by molar-refractivity contribution is -0.199. The van der Waals surface area contributed by atoms with Crippen LogP contribution < -0.4 is 0 Å². The van der Waals surface area contributed by atoms with E-state index >= 15 is 0 Å². The first kappa shape index (κ1) is 19.6. The summed E-state index contributed by atoms with van der Waals surface area (Å²) in [5.74, 6) is 5.70. The second kappa shape index (κ2) is 8.73. The van der Waals surface area contributed by atoms with E-state index in [1.807, 2.05) is 24.3 Å². The summed E-state index contributed by atoms with van der Waals surface area (Å²) >= 11 is 0. The zero-order valence-electron chi connectivity index (χ0n) is 16.3. The van der Waals surface area contributed by atoms with E-state index in [-0.39, 0.29) is 17.9 Å². The van der Waals surface area contributed by atoms with E-state index in [1.54, 1.807) is 12.1 Å². The maximum absolute atomic E-state index is 14.5. The zero-order valence-corrected chi connectivity index (χ0v) is 16.3. The Hall–Kier alpha value is -2.74. The van der Waals surface area contributed by atoms with Gasteiger partial charge in [0.15, 0.2) is 6.29 Å². The summed E-state index contributed by atoms with van der Waals surface area (Å²) in [4.78, 5) is 0. The van der Waals surface area contributed by atoms with Crippen LogP contribution in [-0.4, -0.2) is 19.5 Å². The molecule has 0 spiro atoms. The van der Waals surface area contributed by atoms with Crippen LogP contribution in [-0.2, 0) is 15.9 Å². The van der Waals surface area contributed by atoms with Gasteiger partial charge < -0.3 is 9.47 Å². The standard InChI is InChI=1S/C25H22F2O2/c1-17-15-28-25(29-16-17)11-5-19-3-7-20(24(27)13-19)6-2-18-4-8-22-14-23(26)10-9-21(22)12-18/h3-4,7-10,12-14,17,25H,5,11,15-16H2,1H3. The van der Waals surface area contributed by atoms with Gasteiger partial charge in [0.1, 0.15) is 11.6 Å². The first-order valence-electron chi connectivity index (χ1n) is 9.80. The van der Waals surface area contributed by atoms with E-state index < -0.39 is 0 Å². The van der Waals surface area contributed by atoms with Gasteiger partial charge in [-0.1, -0.05) is 37.0 Å². The van der Waals surface area contributed by atoms with Crippen LogP contribution in [0, 0.1) is 29.4 Å². The monoisotopic (exact) mass is 392 g/mol. The minimum Gasteiger partial charge on any atom is -0.352 e. The maximum Gasteiger partial charge on any atom is 0.157 e. The number of halogens is 2. The number of hydrogen-bond donors (Lipinski definition) is 0. The van der Waals surface area contributed by atoms with E-state index in [4.69, 9.17) is 9.47 Å². The van der Waals surface area contributed by atoms with Crippen molar-refractivity contribution in [3.8, 4) is 11.8 Å². The molecule has 0 N–H and O–H groups in total. The smallest absolute Gasteiger partial charge is 0.157 e. The molecule has 3 aromatic rings. The highest BCUT2D eigenvalue weighted by Gasteiger charge is 2.18. The van der Waals surface area contributed by atoms with Crippen molar-refractivity contribution in [3.05, 3.63) is 82.9 Å². The molecule has 0 atom stereocenters. The molecule has 4 heteroatoms. The van der Waals surface area contributed by atoms with Gasteiger partial charge in [-0.3, -0.25) is 0 Å². The van der Waals surface area contributed by atoms with Crippen LogP contribution in [0.4, 0.5) is 8.78 Å². The molecule has 0 saturated carbocycles. The molecule has 0 bridgehead atoms. The molecule has 1 saturated heterocycles. The Kier molecular flexibility index (Phi) is 5.89. The van der Waals surface area contributed by atoms with Crippen LogP contribution in [0.2, 0.25) is 0 Å². The van der Waals surface area contributed by atoms with Gasteiger partial charge in [-0.25, -0.2) is 8.78 Å². The van der Waals surface area contributed by atoms with Crippen LogP contribution >= 0.6 is 0 Å². The quantitative estimate of drug-likeness (QED) is 0.551. The molecule has 0 aromatic heterocycles. The lowest BCUT2D eigenvalue weighted by Gasteiger charge is -2.27. The molecule has 2 nitrogen and oxygen atoms in total. The van der Waals surface area contributed by atoms with Gasteiger partial charge in [0.2, 0.25) is 0 Å². The molecule has 148 valence electrons. The Morgan fingerprint density at radius 2 is 1.66 bits per heavy atom. The van der Waals surface area contributed by atoms with E-state index in [2.05, 4.69) is 18.8 Å². The number of ether oxygens (including phenoxy) is 2. The molecule has 1 aliphatic rings. The summed E-state index contributed by atoms with van der Waals surface area (Å²) in [6, 6.07) is 15.2. The molecule has 0 radical (unpaired) electrons. The second-order valence-electron chi connectivity index (χ2n) is 7.51. The van der Waals surface area contributed by atoms with Crippen molar-refractivity contribution in [1.29, 1.82) is 0 Å². The molecule has 1 aliphatic heterocycles. The maximum atomic E-state index is 14.5. The molecule has 0 aliphatic carbocycles. The van der Waals surface area contributed by atoms with Crippen LogP contribution in [0.25, 0.3) is 10.8 Å². The van der Waals surface area contributed by atoms with Crippen molar-refractivity contribution in [1.82, 2.24) is 0 Å². The van der Waals surface area contributed by atoms with E-state index in [0.717, 1.165) is 21.9 Å². The van der Waals surface area contributed by atoms with Crippen molar-refractivity contribution in [2.75, 3.05) is 13.2 Å². The fourth-order valence-electron chi connectivity index (χ4n) is 3.34. The van der Waals surface area contributed by atoms with E-state index in [1.165, 1.54) is 18.2 Å². The van der Waals surface area contributed by atoms with Crippen molar-refractivity contribution < 1.29 is 18.3 Å². The Morgan fingerprint density at radius 3 is 2.45 bits per heavy atom. The number of aryl methyl sites for hydroxylation is 1. The number of hydrogen-bond acceptors (Lipinski definition) is 2. The minimum absolute atomic E-state index is 0.213. The van der Waals surface area contributed by atoms with Gasteiger partial charge in [0, 0.05) is 17.9 Å². The van der Waals surface area contributed by atoms with Gasteiger partial charge in [0.25, 0.3) is 0 Å². The molecule has 0 unspecified atom stereocenters. The molecule has 29 heavy (non-hydrogen) atoms. The van der Waals surface area contributed by atoms with E-state index in [9.17, 15) is 8.78 Å². The third-order valence-electron chi connectivity index (χ3n) is 4.98. The Balaban J connectivity index is 1.43. The molecule has 3 aromatic carbocycles. The summed E-state index contributed by atoms with van der Waals surface area (Å²) in [6.45, 7) is 3.50. The summed E-state index contributed by atoms with van der Waals surface area (Å²) < 4.78 is 39.0. The molecule has 4 rings (SSSR count). The Bertz CT molecular complexity index is 1070. The minimum atomic E-state index is -0.336. The van der Waals surface area contributed by atoms with Crippen molar-refractivity contribution in [2.24, 2.45) is 5.92 Å². The fraction of sp³-hybridized carbons (Fsp3) is 0.280. The molecular weight excluding hydrogens is 370 g/mol. The first-order valence-corrected chi connectivity index (χ1v) is 9.80. The third kappa shape index (κ3) is 5.00. The first-order chi connectivity index (χ1) is 14.1. The number of rotatable bonds is 3. The van der Waals surface area contributed by atoms with E-state index in [0.29, 0.717) is 37.5 Å². The fourth-order valence-corrected chi connectivity index (χ4v) is 3.34. The lowest BCUT2D eigenvalue weighted by Crippen LogP contribution is -2.30. The summed E-state index contributed by atoms with van der Waals surface area (Å²) in [6.07, 6.45) is 1.18. The van der Waals surface area contributed by atoms with Crippen molar-refractivity contribution in [3.63, 3.8) is 0 Å². The third-order valence-corrected chi connectivity index (χ3v) is 4.98. The summed E-state index contributed by atoms with van der Waals surface area (Å²) in [5.41, 5.74) is 2.01. The summed E-state index contributed by atoms with van der Waals surface area (Å²) in [7, 11) is 0. The lowest BCUT2D eigenvalue weighted by atomic mass is 10.0. The predicted molar refractivity (Wildman–Crippen MR) is 109 cm³/mol. The molecular formula is C25H22F2O2. The predicted octanol–water partition coefficient (Wildman–Crippen LogP) is 5.46. The van der Waals surface area contributed by atoms with Crippen molar-refractivity contribution >= 4 is 10.8 Å². The van der Waals surface area contributed by atoms with Crippen LogP contribution in [0.15, 0.2) is 54.6 Å². The van der Waals surface area contributed by atoms with Gasteiger partial charge in [-0.05, 0) is 59.2 Å². The number of fused-ring (bicyclic) bond motifs is 1. The van der Waals surface area contributed by atoms with Gasteiger partial charge in [-0.2, -0.15) is 0 Å². The largest absolute Gasteiger partial charge is 0.352 e. The van der Waals surface area contributed by atoms with Crippen LogP contribution in [0.5, 0.6) is 0 Å². The highest BCUT2D eigenvalue weighted by Crippen LogP contribution is 2.19. The highest BCUT2D eigenvalue weighted by molar-refractivity contribution is 5.83. The molecule has 0 amide bonds. The molecule has 1 fully saturated rings. The van der Waals surface area contributed by atoms with Gasteiger partial charge in [0.05, 0.1) is 18.8 Å². The SMILES string of the molecule is CC1COC(CCc2ccc(C#Cc3ccc4cc(F)ccc4c3)c(F)c2)OC1. The van der Waals surface area contributed by atoms with Gasteiger partial charge >= 0.3 is 0 Å². The average Bonchev–Trinajstić information content (AvgIpc) is 2.72. The Morgan fingerprint density at radius 1 is 0.897 bits per heavy atom. The normalized spacial score (nSPS) is 19.0. The molecule has 1 heterocycles. The van der Waals surface area contributed by atoms with Gasteiger partial charge in [-0.15, -0.1) is 0 Å². The zero-order chi connectivity index (χ0) is 20.2. The topological polar surface area (TPSA) is 18.5 Å². The second-order valence-corrected chi connectivity index (χ2v) is 7.51. The Labute approximate surface area is 169 Å². The van der Waals surface area contributed by atoms with Crippen LogP contribution in [0.1, 0.15) is 30.0 Å².